The summed E-state index contributed by atoms with van der Waals surface area (Å²) in [6, 6.07) is 4.32. The van der Waals surface area contributed by atoms with Gasteiger partial charge in [-0.15, -0.1) is 11.6 Å². The van der Waals surface area contributed by atoms with Crippen molar-refractivity contribution in [3.05, 3.63) is 35.1 Å². The Labute approximate surface area is 113 Å². The minimum absolute atomic E-state index is 0.0736. The molecule has 0 radical (unpaired) electrons. The lowest BCUT2D eigenvalue weighted by Crippen LogP contribution is -2.30. The van der Waals surface area contributed by atoms with Gasteiger partial charge in [0.25, 0.3) is 5.91 Å². The Morgan fingerprint density at radius 2 is 2.11 bits per heavy atom. The van der Waals surface area contributed by atoms with Gasteiger partial charge in [0.15, 0.2) is 0 Å². The van der Waals surface area contributed by atoms with E-state index in [1.165, 1.54) is 18.2 Å². The molecule has 0 spiro atoms. The van der Waals surface area contributed by atoms with E-state index in [4.69, 9.17) is 11.6 Å². The molecule has 0 saturated carbocycles. The van der Waals surface area contributed by atoms with Crippen LogP contribution in [0.15, 0.2) is 18.2 Å². The number of halogens is 2. The first-order valence-electron chi connectivity index (χ1n) is 6.08. The van der Waals surface area contributed by atoms with Crippen LogP contribution in [0, 0.1) is 18.7 Å². The number of alkyl halides is 1. The highest BCUT2D eigenvalue weighted by molar-refractivity contribution is 6.20. The average molecular weight is 272 g/mol. The van der Waals surface area contributed by atoms with Crippen LogP contribution < -0.4 is 5.32 Å². The van der Waals surface area contributed by atoms with Gasteiger partial charge in [-0.1, -0.05) is 13.8 Å². The summed E-state index contributed by atoms with van der Waals surface area (Å²) in [7, 11) is 0. The SMILES string of the molecule is Cc1cc(C(=O)NCC(Cl)CC(C)C)ccc1F. The van der Waals surface area contributed by atoms with E-state index in [0.717, 1.165) is 6.42 Å². The fourth-order valence-electron chi connectivity index (χ4n) is 1.69. The number of nitrogens with one attached hydrogen (secondary N) is 1. The Morgan fingerprint density at radius 3 is 2.67 bits per heavy atom. The molecule has 0 heterocycles. The van der Waals surface area contributed by atoms with E-state index in [-0.39, 0.29) is 17.1 Å². The fourth-order valence-corrected chi connectivity index (χ4v) is 2.12. The molecule has 1 aromatic carbocycles. The molecular weight excluding hydrogens is 253 g/mol. The van der Waals surface area contributed by atoms with Crippen LogP contribution in [-0.2, 0) is 0 Å². The van der Waals surface area contributed by atoms with E-state index in [0.29, 0.717) is 23.6 Å². The van der Waals surface area contributed by atoms with Crippen molar-refractivity contribution in [2.45, 2.75) is 32.6 Å². The minimum atomic E-state index is -0.304. The molecule has 4 heteroatoms. The van der Waals surface area contributed by atoms with Crippen molar-refractivity contribution in [2.24, 2.45) is 5.92 Å². The molecule has 18 heavy (non-hydrogen) atoms. The first kappa shape index (κ1) is 15.0. The summed E-state index contributed by atoms with van der Waals surface area (Å²) < 4.78 is 13.1. The van der Waals surface area contributed by atoms with Crippen LogP contribution in [0.3, 0.4) is 0 Å². The summed E-state index contributed by atoms with van der Waals surface area (Å²) in [5.74, 6) is -0.0217. The second kappa shape index (κ2) is 6.74. The molecule has 0 fully saturated rings. The molecule has 1 aromatic rings. The minimum Gasteiger partial charge on any atom is -0.351 e. The molecule has 1 N–H and O–H groups in total. The van der Waals surface area contributed by atoms with Gasteiger partial charge in [0.2, 0.25) is 0 Å². The van der Waals surface area contributed by atoms with Gasteiger partial charge in [-0.2, -0.15) is 0 Å². The normalized spacial score (nSPS) is 12.6. The van der Waals surface area contributed by atoms with Crippen LogP contribution in [0.1, 0.15) is 36.2 Å². The van der Waals surface area contributed by atoms with Crippen molar-refractivity contribution in [3.8, 4) is 0 Å². The van der Waals surface area contributed by atoms with Crippen LogP contribution in [0.5, 0.6) is 0 Å². The van der Waals surface area contributed by atoms with Gasteiger partial charge in [0.1, 0.15) is 5.82 Å². The van der Waals surface area contributed by atoms with Crippen LogP contribution >= 0.6 is 11.6 Å². The van der Waals surface area contributed by atoms with E-state index in [9.17, 15) is 9.18 Å². The molecule has 1 rings (SSSR count). The topological polar surface area (TPSA) is 29.1 Å². The van der Waals surface area contributed by atoms with Crippen LogP contribution in [0.2, 0.25) is 0 Å². The van der Waals surface area contributed by atoms with Crippen molar-refractivity contribution >= 4 is 17.5 Å². The summed E-state index contributed by atoms with van der Waals surface area (Å²) >= 11 is 6.09. The molecule has 0 aliphatic heterocycles. The smallest absolute Gasteiger partial charge is 0.251 e. The first-order chi connectivity index (χ1) is 8.40. The number of carbonyl (C=O) groups excluding carboxylic acids is 1. The molecule has 0 aromatic heterocycles. The monoisotopic (exact) mass is 271 g/mol. The second-order valence-electron chi connectivity index (χ2n) is 4.90. The highest BCUT2D eigenvalue weighted by Crippen LogP contribution is 2.11. The molecular formula is C14H19ClFNO. The zero-order chi connectivity index (χ0) is 13.7. The van der Waals surface area contributed by atoms with Crippen molar-refractivity contribution in [1.82, 2.24) is 5.32 Å². The maximum atomic E-state index is 13.1. The molecule has 1 amide bonds. The number of hydrogen-bond acceptors (Lipinski definition) is 1. The van der Waals surface area contributed by atoms with Crippen molar-refractivity contribution in [2.75, 3.05) is 6.54 Å². The Morgan fingerprint density at radius 1 is 1.44 bits per heavy atom. The van der Waals surface area contributed by atoms with Gasteiger partial charge in [-0.3, -0.25) is 4.79 Å². The predicted octanol–water partition coefficient (Wildman–Crippen LogP) is 3.52. The third-order valence-electron chi connectivity index (χ3n) is 2.63. The van der Waals surface area contributed by atoms with E-state index in [1.54, 1.807) is 6.92 Å². The van der Waals surface area contributed by atoms with Crippen molar-refractivity contribution in [3.63, 3.8) is 0 Å². The molecule has 1 unspecified atom stereocenters. The quantitative estimate of drug-likeness (QED) is 0.816. The second-order valence-corrected chi connectivity index (χ2v) is 5.52. The lowest BCUT2D eigenvalue weighted by Gasteiger charge is -2.13. The Bertz CT molecular complexity index is 420. The molecule has 0 saturated heterocycles. The number of rotatable bonds is 5. The first-order valence-corrected chi connectivity index (χ1v) is 6.52. The summed E-state index contributed by atoms with van der Waals surface area (Å²) in [6.07, 6.45) is 0.851. The standard InChI is InChI=1S/C14H19ClFNO/c1-9(2)6-12(15)8-17-14(18)11-4-5-13(16)10(3)7-11/h4-5,7,9,12H,6,8H2,1-3H3,(H,17,18). The number of amides is 1. The number of benzene rings is 1. The lowest BCUT2D eigenvalue weighted by molar-refractivity contribution is 0.0952. The molecule has 1 atom stereocenters. The fraction of sp³-hybridized carbons (Fsp3) is 0.500. The van der Waals surface area contributed by atoms with Gasteiger partial charge in [0, 0.05) is 12.1 Å². The van der Waals surface area contributed by atoms with E-state index < -0.39 is 0 Å². The number of carbonyl (C=O) groups is 1. The van der Waals surface area contributed by atoms with Crippen molar-refractivity contribution in [1.29, 1.82) is 0 Å². The van der Waals surface area contributed by atoms with Crippen LogP contribution in [0.25, 0.3) is 0 Å². The van der Waals surface area contributed by atoms with Gasteiger partial charge >= 0.3 is 0 Å². The highest BCUT2D eigenvalue weighted by Gasteiger charge is 2.11. The number of hydrogen-bond donors (Lipinski definition) is 1. The van der Waals surface area contributed by atoms with Crippen LogP contribution in [0.4, 0.5) is 4.39 Å². The molecule has 0 bridgehead atoms. The van der Waals surface area contributed by atoms with Gasteiger partial charge in [-0.05, 0) is 43.0 Å². The Kier molecular flexibility index (Phi) is 5.60. The van der Waals surface area contributed by atoms with E-state index in [1.807, 2.05) is 0 Å². The van der Waals surface area contributed by atoms with Gasteiger partial charge < -0.3 is 5.32 Å². The Hall–Kier alpha value is -1.09. The van der Waals surface area contributed by atoms with Crippen LogP contribution in [-0.4, -0.2) is 17.8 Å². The van der Waals surface area contributed by atoms with Gasteiger partial charge in [0.05, 0.1) is 5.38 Å². The molecule has 2 nitrogen and oxygen atoms in total. The maximum absolute atomic E-state index is 13.1. The third-order valence-corrected chi connectivity index (χ3v) is 2.96. The van der Waals surface area contributed by atoms with Gasteiger partial charge in [-0.25, -0.2) is 4.39 Å². The largest absolute Gasteiger partial charge is 0.351 e. The predicted molar refractivity (Wildman–Crippen MR) is 72.6 cm³/mol. The zero-order valence-electron chi connectivity index (χ0n) is 11.0. The average Bonchev–Trinajstić information content (AvgIpc) is 2.28. The maximum Gasteiger partial charge on any atom is 0.251 e. The molecule has 0 aliphatic rings. The summed E-state index contributed by atoms with van der Waals surface area (Å²) in [5, 5.41) is 2.68. The molecule has 100 valence electrons. The third kappa shape index (κ3) is 4.65. The summed E-state index contributed by atoms with van der Waals surface area (Å²) in [6.45, 7) is 6.23. The molecule has 0 aliphatic carbocycles. The summed E-state index contributed by atoms with van der Waals surface area (Å²) in [5.41, 5.74) is 0.926. The van der Waals surface area contributed by atoms with Crippen molar-refractivity contribution < 1.29 is 9.18 Å². The summed E-state index contributed by atoms with van der Waals surface area (Å²) in [4.78, 5) is 11.8. The number of aryl methyl sites for hydroxylation is 1. The highest BCUT2D eigenvalue weighted by atomic mass is 35.5. The van der Waals surface area contributed by atoms with E-state index >= 15 is 0 Å². The lowest BCUT2D eigenvalue weighted by atomic mass is 10.1. The zero-order valence-corrected chi connectivity index (χ0v) is 11.7. The Balaban J connectivity index is 2.52. The van der Waals surface area contributed by atoms with E-state index in [2.05, 4.69) is 19.2 Å².